The largest absolute Gasteiger partial charge is 0.256 e. The number of hydrogen-bond acceptors (Lipinski definition) is 1. The quantitative estimate of drug-likeness (QED) is 0.578. The second-order valence-electron chi connectivity index (χ2n) is 7.54. The smallest absolute Gasteiger partial charge is 0.0840 e. The van der Waals surface area contributed by atoms with Gasteiger partial charge in [-0.25, -0.2) is 0 Å². The highest BCUT2D eigenvalue weighted by molar-refractivity contribution is 6.89. The van der Waals surface area contributed by atoms with E-state index in [0.29, 0.717) is 0 Å². The Morgan fingerprint density at radius 2 is 1.57 bits per heavy atom. The van der Waals surface area contributed by atoms with Crippen LogP contribution in [0.5, 0.6) is 0 Å². The Morgan fingerprint density at radius 1 is 0.913 bits per heavy atom. The third-order valence-corrected chi connectivity index (χ3v) is 6.44. The molecule has 118 valence electrons. The molecule has 0 radical (unpaired) electrons. The Hall–Kier alpha value is -1.93. The molecule has 0 amide bonds. The zero-order chi connectivity index (χ0) is 18.5. The van der Waals surface area contributed by atoms with E-state index in [-0.39, 0.29) is 12.2 Å². The van der Waals surface area contributed by atoms with Crippen molar-refractivity contribution in [3.05, 3.63) is 59.2 Å². The van der Waals surface area contributed by atoms with Gasteiger partial charge in [0.25, 0.3) is 0 Å². The molecule has 0 atom stereocenters. The molecule has 2 heteroatoms. The first-order valence-corrected chi connectivity index (χ1v) is 11.6. The van der Waals surface area contributed by atoms with E-state index in [1.165, 1.54) is 21.9 Å². The third kappa shape index (κ3) is 3.09. The van der Waals surface area contributed by atoms with Crippen molar-refractivity contribution in [1.82, 2.24) is 4.98 Å². The van der Waals surface area contributed by atoms with Crippen molar-refractivity contribution in [2.45, 2.75) is 40.4 Å². The van der Waals surface area contributed by atoms with Crippen molar-refractivity contribution in [3.63, 3.8) is 0 Å². The summed E-state index contributed by atoms with van der Waals surface area (Å²) in [6.07, 6.45) is 0.0482. The van der Waals surface area contributed by atoms with Crippen molar-refractivity contribution in [1.29, 1.82) is 0 Å². The summed E-state index contributed by atoms with van der Waals surface area (Å²) in [5, 5.41) is 3.17. The van der Waals surface area contributed by atoms with E-state index in [1.54, 1.807) is 0 Å². The van der Waals surface area contributed by atoms with Gasteiger partial charge in [0.2, 0.25) is 0 Å². The van der Waals surface area contributed by atoms with E-state index < -0.39 is 8.07 Å². The van der Waals surface area contributed by atoms with Crippen LogP contribution in [0.15, 0.2) is 42.5 Å². The molecule has 0 aliphatic carbocycles. The molecule has 0 aliphatic heterocycles. The number of nitrogens with zero attached hydrogens (tertiary/aromatic N) is 1. The summed E-state index contributed by atoms with van der Waals surface area (Å²) in [7, 11) is -1.51. The van der Waals surface area contributed by atoms with Gasteiger partial charge in [0.05, 0.1) is 16.5 Å². The Kier molecular flexibility index (Phi) is 3.29. The van der Waals surface area contributed by atoms with Crippen LogP contribution >= 0.6 is 0 Å². The Bertz CT molecular complexity index is 967. The van der Waals surface area contributed by atoms with Crippen molar-refractivity contribution >= 4 is 24.0 Å². The summed E-state index contributed by atoms with van der Waals surface area (Å²) in [4.78, 5) is 4.48. The predicted molar refractivity (Wildman–Crippen MR) is 104 cm³/mol. The molecule has 0 aliphatic rings. The molecule has 0 spiro atoms. The minimum Gasteiger partial charge on any atom is -0.256 e. The van der Waals surface area contributed by atoms with Gasteiger partial charge in [-0.3, -0.25) is 4.98 Å². The second kappa shape index (κ2) is 5.61. The topological polar surface area (TPSA) is 12.9 Å². The van der Waals surface area contributed by atoms with Gasteiger partial charge in [0, 0.05) is 17.1 Å². The van der Waals surface area contributed by atoms with Crippen LogP contribution in [0.4, 0.5) is 0 Å². The minimum atomic E-state index is -1.51. The molecule has 3 aromatic rings. The first kappa shape index (κ1) is 13.5. The fraction of sp³-hybridized carbons (Fsp3) is 0.286. The number of fused-ring (bicyclic) bond motifs is 1. The predicted octanol–water partition coefficient (Wildman–Crippen LogP) is 5.37. The second-order valence-corrected chi connectivity index (χ2v) is 12.6. The summed E-state index contributed by atoms with van der Waals surface area (Å²) in [6.45, 7) is 13.3. The highest BCUT2D eigenvalue weighted by Crippen LogP contribution is 2.29. The number of aryl methyl sites for hydroxylation is 3. The lowest BCUT2D eigenvalue weighted by atomic mass is 9.99. The average molecular weight is 322 g/mol. The molecule has 0 saturated heterocycles. The highest BCUT2D eigenvalue weighted by Gasteiger charge is 2.20. The van der Waals surface area contributed by atoms with Gasteiger partial charge in [-0.2, -0.15) is 0 Å². The van der Waals surface area contributed by atoms with Crippen LogP contribution in [0.2, 0.25) is 19.6 Å². The normalized spacial score (nSPS) is 13.1. The van der Waals surface area contributed by atoms with Crippen molar-refractivity contribution < 1.29 is 2.74 Å². The van der Waals surface area contributed by atoms with Crippen LogP contribution in [-0.2, 0) is 0 Å². The minimum absolute atomic E-state index is 0.0482. The van der Waals surface area contributed by atoms with Crippen LogP contribution < -0.4 is 5.19 Å². The molecule has 0 fully saturated rings. The molecule has 1 aromatic heterocycles. The summed E-state index contributed by atoms with van der Waals surface area (Å²) >= 11 is 0. The van der Waals surface area contributed by atoms with Gasteiger partial charge in [-0.15, -0.1) is 0 Å². The number of rotatable bonds is 2. The standard InChI is InChI=1S/C21H25NSi/c1-14-9-15(2)11-18(10-14)21-19-12-16(3)20(23(4,5)6)13-17(19)7-8-22-21/h7-13H,1-6H3/i7D,8D. The lowest BCUT2D eigenvalue weighted by Gasteiger charge is -2.21. The molecule has 1 heterocycles. The Balaban J connectivity index is 2.41. The molecule has 0 unspecified atom stereocenters. The SMILES string of the molecule is [2H]c1nc(-c2cc(C)cc(C)c2)c2cc(C)c([Si](C)(C)C)cc2c1[2H]. The summed E-state index contributed by atoms with van der Waals surface area (Å²) < 4.78 is 16.6. The fourth-order valence-electron chi connectivity index (χ4n) is 3.35. The van der Waals surface area contributed by atoms with E-state index in [4.69, 9.17) is 2.74 Å². The Labute approximate surface area is 143 Å². The summed E-state index contributed by atoms with van der Waals surface area (Å²) in [5.74, 6) is 0. The monoisotopic (exact) mass is 321 g/mol. The maximum Gasteiger partial charge on any atom is 0.0840 e. The number of pyridine rings is 1. The van der Waals surface area contributed by atoms with Crippen LogP contribution in [0.25, 0.3) is 22.0 Å². The number of benzene rings is 2. The molecule has 3 rings (SSSR count). The van der Waals surface area contributed by atoms with E-state index in [1.807, 2.05) is 0 Å². The van der Waals surface area contributed by atoms with Crippen LogP contribution in [0, 0.1) is 20.8 Å². The van der Waals surface area contributed by atoms with Gasteiger partial charge >= 0.3 is 0 Å². The molecule has 0 saturated carbocycles. The van der Waals surface area contributed by atoms with Gasteiger partial charge in [0.1, 0.15) is 0 Å². The van der Waals surface area contributed by atoms with E-state index in [0.717, 1.165) is 22.0 Å². The molecule has 23 heavy (non-hydrogen) atoms. The van der Waals surface area contributed by atoms with Crippen LogP contribution in [0.1, 0.15) is 19.4 Å². The molecular formula is C21H25NSi. The van der Waals surface area contributed by atoms with Gasteiger partial charge in [-0.1, -0.05) is 53.7 Å². The molecule has 2 aromatic carbocycles. The highest BCUT2D eigenvalue weighted by atomic mass is 28.3. The van der Waals surface area contributed by atoms with E-state index in [2.05, 4.69) is 75.7 Å². The van der Waals surface area contributed by atoms with Gasteiger partial charge in [0.15, 0.2) is 0 Å². The van der Waals surface area contributed by atoms with Crippen LogP contribution in [-0.4, -0.2) is 13.1 Å². The van der Waals surface area contributed by atoms with Crippen molar-refractivity contribution in [3.8, 4) is 11.3 Å². The fourth-order valence-corrected chi connectivity index (χ4v) is 5.18. The molecular weight excluding hydrogens is 294 g/mol. The maximum atomic E-state index is 8.37. The maximum absolute atomic E-state index is 8.37. The first-order valence-electron chi connectivity index (χ1n) is 9.08. The van der Waals surface area contributed by atoms with Crippen LogP contribution in [0.3, 0.4) is 0 Å². The van der Waals surface area contributed by atoms with E-state index >= 15 is 0 Å². The lowest BCUT2D eigenvalue weighted by Crippen LogP contribution is -2.39. The van der Waals surface area contributed by atoms with Crippen molar-refractivity contribution in [2.75, 3.05) is 0 Å². The van der Waals surface area contributed by atoms with Gasteiger partial charge < -0.3 is 0 Å². The Morgan fingerprint density at radius 3 is 2.17 bits per heavy atom. The zero-order valence-electron chi connectivity index (χ0n) is 16.8. The third-order valence-electron chi connectivity index (χ3n) is 4.28. The summed E-state index contributed by atoms with van der Waals surface area (Å²) in [6, 6.07) is 10.9. The first-order chi connectivity index (χ1) is 11.6. The summed E-state index contributed by atoms with van der Waals surface area (Å²) in [5.41, 5.74) is 5.46. The number of hydrogen-bond donors (Lipinski definition) is 0. The molecule has 0 bridgehead atoms. The molecule has 1 nitrogen and oxygen atoms in total. The lowest BCUT2D eigenvalue weighted by molar-refractivity contribution is 1.32. The number of aromatic nitrogens is 1. The zero-order valence-corrected chi connectivity index (χ0v) is 15.8. The van der Waals surface area contributed by atoms with E-state index in [9.17, 15) is 0 Å². The average Bonchev–Trinajstić information content (AvgIpc) is 2.48. The van der Waals surface area contributed by atoms with Gasteiger partial charge in [-0.05, 0) is 50.4 Å². The van der Waals surface area contributed by atoms with Crippen molar-refractivity contribution in [2.24, 2.45) is 0 Å². The molecule has 0 N–H and O–H groups in total.